The maximum absolute atomic E-state index is 11.1. The highest BCUT2D eigenvalue weighted by Crippen LogP contribution is 2.42. The SMILES string of the molecule is O=C(O)C(CO)c1ccc2c(c1)C(O)c1cccnc1O2. The summed E-state index contributed by atoms with van der Waals surface area (Å²) in [7, 11) is 0. The monoisotopic (exact) mass is 287 g/mol. The van der Waals surface area contributed by atoms with Crippen molar-refractivity contribution in [3.8, 4) is 11.6 Å². The Morgan fingerprint density at radius 2 is 2.14 bits per heavy atom. The summed E-state index contributed by atoms with van der Waals surface area (Å²) >= 11 is 0. The highest BCUT2D eigenvalue weighted by molar-refractivity contribution is 5.76. The molecule has 2 heterocycles. The van der Waals surface area contributed by atoms with Gasteiger partial charge in [-0.15, -0.1) is 0 Å². The van der Waals surface area contributed by atoms with Gasteiger partial charge in [0.25, 0.3) is 0 Å². The number of carboxylic acids is 1. The van der Waals surface area contributed by atoms with Gasteiger partial charge in [0.05, 0.1) is 6.61 Å². The lowest BCUT2D eigenvalue weighted by atomic mass is 9.92. The first-order valence-corrected chi connectivity index (χ1v) is 6.40. The minimum atomic E-state index is -1.12. The average Bonchev–Trinajstić information content (AvgIpc) is 2.48. The second-order valence-corrected chi connectivity index (χ2v) is 4.77. The van der Waals surface area contributed by atoms with Crippen molar-refractivity contribution < 1.29 is 24.9 Å². The second-order valence-electron chi connectivity index (χ2n) is 4.77. The molecule has 0 saturated heterocycles. The van der Waals surface area contributed by atoms with Crippen molar-refractivity contribution in [2.24, 2.45) is 0 Å². The number of aliphatic carboxylic acids is 1. The van der Waals surface area contributed by atoms with Crippen molar-refractivity contribution in [2.75, 3.05) is 6.61 Å². The number of carboxylic acid groups (broad SMARTS) is 1. The molecule has 0 amide bonds. The lowest BCUT2D eigenvalue weighted by Crippen LogP contribution is -2.17. The van der Waals surface area contributed by atoms with E-state index in [1.165, 1.54) is 0 Å². The summed E-state index contributed by atoms with van der Waals surface area (Å²) in [5.41, 5.74) is 1.41. The van der Waals surface area contributed by atoms with Crippen LogP contribution < -0.4 is 4.74 Å². The molecule has 1 aliphatic heterocycles. The summed E-state index contributed by atoms with van der Waals surface area (Å²) in [6.07, 6.45) is 0.627. The third-order valence-corrected chi connectivity index (χ3v) is 3.51. The van der Waals surface area contributed by atoms with E-state index in [0.717, 1.165) is 0 Å². The van der Waals surface area contributed by atoms with Crippen LogP contribution in [0.2, 0.25) is 0 Å². The largest absolute Gasteiger partial charge is 0.481 e. The predicted molar refractivity (Wildman–Crippen MR) is 72.3 cm³/mol. The maximum atomic E-state index is 11.1. The Bertz CT molecular complexity index is 700. The number of nitrogens with zero attached hydrogens (tertiary/aromatic N) is 1. The van der Waals surface area contributed by atoms with Gasteiger partial charge >= 0.3 is 5.97 Å². The zero-order chi connectivity index (χ0) is 15.0. The molecule has 2 unspecified atom stereocenters. The molecule has 108 valence electrons. The molecule has 1 aromatic heterocycles. The number of aromatic nitrogens is 1. The van der Waals surface area contributed by atoms with Crippen molar-refractivity contribution in [2.45, 2.75) is 12.0 Å². The topological polar surface area (TPSA) is 99.9 Å². The van der Waals surface area contributed by atoms with Gasteiger partial charge in [0, 0.05) is 17.3 Å². The average molecular weight is 287 g/mol. The summed E-state index contributed by atoms with van der Waals surface area (Å²) in [4.78, 5) is 15.2. The molecular formula is C15H13NO5. The lowest BCUT2D eigenvalue weighted by Gasteiger charge is -2.24. The number of ether oxygens (including phenoxy) is 1. The molecule has 21 heavy (non-hydrogen) atoms. The molecule has 6 heteroatoms. The number of rotatable bonds is 3. The zero-order valence-electron chi connectivity index (χ0n) is 10.9. The summed E-state index contributed by atoms with van der Waals surface area (Å²) < 4.78 is 5.60. The van der Waals surface area contributed by atoms with E-state index in [9.17, 15) is 15.0 Å². The standard InChI is InChI=1S/C15H13NO5/c17-7-11(15(19)20)8-3-4-12-10(6-8)13(18)9-2-1-5-16-14(9)21-12/h1-6,11,13,17-18H,7H2,(H,19,20). The normalized spacial score (nSPS) is 17.3. The number of benzene rings is 1. The summed E-state index contributed by atoms with van der Waals surface area (Å²) in [5, 5.41) is 28.7. The van der Waals surface area contributed by atoms with Gasteiger partial charge in [0.2, 0.25) is 5.88 Å². The molecule has 1 aliphatic rings. The minimum Gasteiger partial charge on any atom is -0.481 e. The molecule has 2 aromatic rings. The van der Waals surface area contributed by atoms with Crippen LogP contribution in [0.15, 0.2) is 36.5 Å². The summed E-state index contributed by atoms with van der Waals surface area (Å²) in [6, 6.07) is 8.08. The molecule has 0 bridgehead atoms. The van der Waals surface area contributed by atoms with Gasteiger partial charge in [-0.3, -0.25) is 4.79 Å². The van der Waals surface area contributed by atoms with E-state index in [0.29, 0.717) is 28.3 Å². The van der Waals surface area contributed by atoms with E-state index < -0.39 is 24.6 Å². The van der Waals surface area contributed by atoms with Crippen LogP contribution in [-0.2, 0) is 4.79 Å². The van der Waals surface area contributed by atoms with E-state index in [1.54, 1.807) is 36.5 Å². The third kappa shape index (κ3) is 2.24. The summed E-state index contributed by atoms with van der Waals surface area (Å²) in [6.45, 7) is -0.511. The molecule has 0 radical (unpaired) electrons. The van der Waals surface area contributed by atoms with Crippen LogP contribution >= 0.6 is 0 Å². The quantitative estimate of drug-likeness (QED) is 0.789. The molecule has 0 saturated carbocycles. The van der Waals surface area contributed by atoms with Crippen molar-refractivity contribution in [1.29, 1.82) is 0 Å². The van der Waals surface area contributed by atoms with Gasteiger partial charge in [-0.05, 0) is 29.8 Å². The smallest absolute Gasteiger partial charge is 0.313 e. The van der Waals surface area contributed by atoms with E-state index in [1.807, 2.05) is 0 Å². The summed E-state index contributed by atoms with van der Waals surface area (Å²) in [5.74, 6) is -1.38. The van der Waals surface area contributed by atoms with E-state index in [2.05, 4.69) is 4.98 Å². The van der Waals surface area contributed by atoms with Crippen molar-refractivity contribution in [1.82, 2.24) is 4.98 Å². The zero-order valence-corrected chi connectivity index (χ0v) is 10.9. The van der Waals surface area contributed by atoms with Gasteiger partial charge in [0.1, 0.15) is 17.8 Å². The van der Waals surface area contributed by atoms with Gasteiger partial charge < -0.3 is 20.1 Å². The first-order chi connectivity index (χ1) is 10.1. The van der Waals surface area contributed by atoms with Crippen LogP contribution in [0.1, 0.15) is 28.7 Å². The number of aliphatic hydroxyl groups excluding tert-OH is 2. The van der Waals surface area contributed by atoms with Gasteiger partial charge in [-0.25, -0.2) is 4.98 Å². The highest BCUT2D eigenvalue weighted by Gasteiger charge is 2.28. The number of aliphatic hydroxyl groups is 2. The van der Waals surface area contributed by atoms with Gasteiger partial charge in [-0.2, -0.15) is 0 Å². The number of carbonyl (C=O) groups is 1. The Hall–Kier alpha value is -2.44. The number of fused-ring (bicyclic) bond motifs is 2. The Morgan fingerprint density at radius 1 is 1.33 bits per heavy atom. The Morgan fingerprint density at radius 3 is 2.86 bits per heavy atom. The fourth-order valence-electron chi connectivity index (χ4n) is 2.38. The van der Waals surface area contributed by atoms with Gasteiger partial charge in [0.15, 0.2) is 0 Å². The molecule has 3 rings (SSSR count). The number of hydrogen-bond donors (Lipinski definition) is 3. The van der Waals surface area contributed by atoms with Crippen LogP contribution in [0.4, 0.5) is 0 Å². The van der Waals surface area contributed by atoms with Crippen LogP contribution in [0.3, 0.4) is 0 Å². The van der Waals surface area contributed by atoms with Crippen molar-refractivity contribution >= 4 is 5.97 Å². The van der Waals surface area contributed by atoms with Crippen LogP contribution in [-0.4, -0.2) is 32.9 Å². The first kappa shape index (κ1) is 13.5. The molecular weight excluding hydrogens is 274 g/mol. The van der Waals surface area contributed by atoms with Gasteiger partial charge in [-0.1, -0.05) is 6.07 Å². The van der Waals surface area contributed by atoms with Crippen LogP contribution in [0.25, 0.3) is 0 Å². The number of hydrogen-bond acceptors (Lipinski definition) is 5. The molecule has 1 aromatic carbocycles. The first-order valence-electron chi connectivity index (χ1n) is 6.40. The van der Waals surface area contributed by atoms with Crippen LogP contribution in [0, 0.1) is 0 Å². The highest BCUT2D eigenvalue weighted by atomic mass is 16.5. The Labute approximate surface area is 120 Å². The predicted octanol–water partition coefficient (Wildman–Crippen LogP) is 1.43. The van der Waals surface area contributed by atoms with E-state index in [-0.39, 0.29) is 0 Å². The van der Waals surface area contributed by atoms with E-state index in [4.69, 9.17) is 9.84 Å². The molecule has 0 spiro atoms. The second kappa shape index (κ2) is 5.16. The third-order valence-electron chi connectivity index (χ3n) is 3.51. The maximum Gasteiger partial charge on any atom is 0.313 e. The van der Waals surface area contributed by atoms with Crippen molar-refractivity contribution in [3.63, 3.8) is 0 Å². The molecule has 6 nitrogen and oxygen atoms in total. The lowest BCUT2D eigenvalue weighted by molar-refractivity contribution is -0.139. The van der Waals surface area contributed by atoms with Crippen molar-refractivity contribution in [3.05, 3.63) is 53.2 Å². The fourth-order valence-corrected chi connectivity index (χ4v) is 2.38. The molecule has 2 atom stereocenters. The Balaban J connectivity index is 2.05. The van der Waals surface area contributed by atoms with E-state index >= 15 is 0 Å². The molecule has 0 aliphatic carbocycles. The molecule has 0 fully saturated rings. The minimum absolute atomic E-state index is 0.335. The Kier molecular flexibility index (Phi) is 3.32. The number of pyridine rings is 1. The fraction of sp³-hybridized carbons (Fsp3) is 0.200. The van der Waals surface area contributed by atoms with Crippen LogP contribution in [0.5, 0.6) is 11.6 Å². The molecule has 3 N–H and O–H groups in total.